The summed E-state index contributed by atoms with van der Waals surface area (Å²) >= 11 is 0. The van der Waals surface area contributed by atoms with E-state index in [0.29, 0.717) is 11.8 Å². The molecule has 1 heterocycles. The van der Waals surface area contributed by atoms with Crippen molar-refractivity contribution in [3.8, 4) is 11.4 Å². The number of aryl methyl sites for hydroxylation is 1. The summed E-state index contributed by atoms with van der Waals surface area (Å²) in [5.74, 6) is 1.92. The molecule has 0 spiro atoms. The zero-order chi connectivity index (χ0) is 19.6. The highest BCUT2D eigenvalue weighted by Gasteiger charge is 2.18. The van der Waals surface area contributed by atoms with Crippen molar-refractivity contribution < 1.29 is 4.79 Å². The van der Waals surface area contributed by atoms with E-state index in [2.05, 4.69) is 38.3 Å². The summed E-state index contributed by atoms with van der Waals surface area (Å²) in [5, 5.41) is 0. The van der Waals surface area contributed by atoms with Gasteiger partial charge in [-0.25, -0.2) is 4.98 Å². The lowest BCUT2D eigenvalue weighted by atomic mass is 10.1. The van der Waals surface area contributed by atoms with Crippen molar-refractivity contribution in [1.29, 1.82) is 0 Å². The molecule has 27 heavy (non-hydrogen) atoms. The van der Waals surface area contributed by atoms with Crippen LogP contribution in [0.5, 0.6) is 0 Å². The largest absolute Gasteiger partial charge is 0.338 e. The van der Waals surface area contributed by atoms with Gasteiger partial charge in [-0.1, -0.05) is 52.0 Å². The van der Waals surface area contributed by atoms with Crippen molar-refractivity contribution in [2.75, 3.05) is 13.1 Å². The van der Waals surface area contributed by atoms with E-state index < -0.39 is 0 Å². The molecule has 0 aliphatic carbocycles. The fourth-order valence-electron chi connectivity index (χ4n) is 3.47. The summed E-state index contributed by atoms with van der Waals surface area (Å²) in [7, 11) is 2.02. The molecule has 1 amide bonds. The molecule has 0 N–H and O–H groups in total. The van der Waals surface area contributed by atoms with Crippen LogP contribution in [0.15, 0.2) is 48.5 Å². The molecule has 4 heteroatoms. The van der Waals surface area contributed by atoms with Crippen molar-refractivity contribution in [3.05, 3.63) is 54.1 Å². The minimum atomic E-state index is 0.106. The van der Waals surface area contributed by atoms with E-state index in [9.17, 15) is 4.79 Å². The van der Waals surface area contributed by atoms with Gasteiger partial charge in [0.1, 0.15) is 5.82 Å². The number of carbonyl (C=O) groups is 1. The second-order valence-electron chi connectivity index (χ2n) is 8.06. The quantitative estimate of drug-likeness (QED) is 0.618. The van der Waals surface area contributed by atoms with Gasteiger partial charge in [0.25, 0.3) is 5.91 Å². The predicted octanol–water partition coefficient (Wildman–Crippen LogP) is 4.99. The van der Waals surface area contributed by atoms with Crippen LogP contribution in [0.25, 0.3) is 22.4 Å². The zero-order valence-corrected chi connectivity index (χ0v) is 16.9. The van der Waals surface area contributed by atoms with E-state index >= 15 is 0 Å². The van der Waals surface area contributed by atoms with Crippen molar-refractivity contribution in [1.82, 2.24) is 14.5 Å². The Morgan fingerprint density at radius 1 is 0.963 bits per heavy atom. The Morgan fingerprint density at radius 3 is 2.11 bits per heavy atom. The van der Waals surface area contributed by atoms with Crippen LogP contribution in [-0.4, -0.2) is 33.4 Å². The third kappa shape index (κ3) is 4.21. The normalized spacial score (nSPS) is 11.5. The van der Waals surface area contributed by atoms with E-state index in [1.165, 1.54) is 0 Å². The lowest BCUT2D eigenvalue weighted by molar-refractivity contribution is 0.0715. The van der Waals surface area contributed by atoms with Crippen LogP contribution in [-0.2, 0) is 7.05 Å². The van der Waals surface area contributed by atoms with Crippen molar-refractivity contribution >= 4 is 16.9 Å². The molecule has 2 aromatic carbocycles. The van der Waals surface area contributed by atoms with Gasteiger partial charge in [0.2, 0.25) is 0 Å². The fraction of sp³-hybridized carbons (Fsp3) is 0.391. The average molecular weight is 364 g/mol. The van der Waals surface area contributed by atoms with Crippen molar-refractivity contribution in [2.24, 2.45) is 18.9 Å². The van der Waals surface area contributed by atoms with Crippen LogP contribution in [0.1, 0.15) is 38.1 Å². The number of rotatable bonds is 6. The number of para-hydroxylation sites is 2. The molecule has 4 nitrogen and oxygen atoms in total. The second kappa shape index (κ2) is 7.95. The number of fused-ring (bicyclic) bond motifs is 1. The summed E-state index contributed by atoms with van der Waals surface area (Å²) in [5.41, 5.74) is 3.84. The Balaban J connectivity index is 1.87. The molecule has 0 fully saturated rings. The zero-order valence-electron chi connectivity index (χ0n) is 16.9. The molecule has 142 valence electrons. The van der Waals surface area contributed by atoms with E-state index in [0.717, 1.165) is 41.1 Å². The highest BCUT2D eigenvalue weighted by atomic mass is 16.2. The molecule has 0 aliphatic rings. The van der Waals surface area contributed by atoms with Crippen LogP contribution in [0.4, 0.5) is 0 Å². The Labute approximate surface area is 161 Å². The molecule has 0 saturated heterocycles. The first-order valence-corrected chi connectivity index (χ1v) is 9.68. The summed E-state index contributed by atoms with van der Waals surface area (Å²) in [4.78, 5) is 19.7. The highest BCUT2D eigenvalue weighted by molar-refractivity contribution is 5.94. The number of hydrogen-bond donors (Lipinski definition) is 0. The predicted molar refractivity (Wildman–Crippen MR) is 112 cm³/mol. The van der Waals surface area contributed by atoms with Crippen LogP contribution in [0, 0.1) is 11.8 Å². The molecule has 3 rings (SSSR count). The molecule has 0 radical (unpaired) electrons. The maximum atomic E-state index is 13.0. The number of carbonyl (C=O) groups excluding carboxylic acids is 1. The first-order chi connectivity index (χ1) is 12.9. The fourth-order valence-corrected chi connectivity index (χ4v) is 3.47. The number of amides is 1. The van der Waals surface area contributed by atoms with Gasteiger partial charge >= 0.3 is 0 Å². The van der Waals surface area contributed by atoms with E-state index in [4.69, 9.17) is 4.98 Å². The van der Waals surface area contributed by atoms with Gasteiger partial charge in [0, 0.05) is 31.3 Å². The monoisotopic (exact) mass is 363 g/mol. The Morgan fingerprint density at radius 2 is 1.56 bits per heavy atom. The van der Waals surface area contributed by atoms with E-state index in [1.54, 1.807) is 0 Å². The topological polar surface area (TPSA) is 38.1 Å². The molecular weight excluding hydrogens is 334 g/mol. The summed E-state index contributed by atoms with van der Waals surface area (Å²) < 4.78 is 2.09. The van der Waals surface area contributed by atoms with E-state index in [1.807, 2.05) is 54.4 Å². The number of aromatic nitrogens is 2. The molecular formula is C23H29N3O. The minimum Gasteiger partial charge on any atom is -0.338 e. The smallest absolute Gasteiger partial charge is 0.253 e. The van der Waals surface area contributed by atoms with Gasteiger partial charge in [0.15, 0.2) is 0 Å². The van der Waals surface area contributed by atoms with E-state index in [-0.39, 0.29) is 5.91 Å². The standard InChI is InChI=1S/C23H29N3O/c1-16(2)14-26(15-17(3)4)23(27)19-12-10-18(11-13-19)22-24-20-8-6-7-9-21(20)25(22)5/h6-13,16-17H,14-15H2,1-5H3. The third-order valence-corrected chi connectivity index (χ3v) is 4.64. The molecule has 0 saturated carbocycles. The summed E-state index contributed by atoms with van der Waals surface area (Å²) in [6.07, 6.45) is 0. The molecule has 0 atom stereocenters. The number of benzene rings is 2. The van der Waals surface area contributed by atoms with Gasteiger partial charge in [-0.3, -0.25) is 4.79 Å². The number of nitrogens with zero attached hydrogens (tertiary/aromatic N) is 3. The Bertz CT molecular complexity index is 912. The van der Waals surface area contributed by atoms with Crippen molar-refractivity contribution in [3.63, 3.8) is 0 Å². The first kappa shape index (κ1) is 19.2. The van der Waals surface area contributed by atoms with Gasteiger partial charge in [-0.05, 0) is 36.1 Å². The van der Waals surface area contributed by atoms with Gasteiger partial charge in [-0.15, -0.1) is 0 Å². The number of imidazole rings is 1. The minimum absolute atomic E-state index is 0.106. The first-order valence-electron chi connectivity index (χ1n) is 9.68. The third-order valence-electron chi connectivity index (χ3n) is 4.64. The number of hydrogen-bond acceptors (Lipinski definition) is 2. The second-order valence-corrected chi connectivity index (χ2v) is 8.06. The lowest BCUT2D eigenvalue weighted by Crippen LogP contribution is -2.37. The lowest BCUT2D eigenvalue weighted by Gasteiger charge is -2.26. The summed E-state index contributed by atoms with van der Waals surface area (Å²) in [6.45, 7) is 10.2. The van der Waals surface area contributed by atoms with Gasteiger partial charge in [0.05, 0.1) is 11.0 Å². The van der Waals surface area contributed by atoms with Crippen LogP contribution < -0.4 is 0 Å². The van der Waals surface area contributed by atoms with Gasteiger partial charge in [-0.2, -0.15) is 0 Å². The van der Waals surface area contributed by atoms with Crippen LogP contribution in [0.2, 0.25) is 0 Å². The SMILES string of the molecule is CC(C)CN(CC(C)C)C(=O)c1ccc(-c2nc3ccccc3n2C)cc1. The van der Waals surface area contributed by atoms with Crippen LogP contribution in [0.3, 0.4) is 0 Å². The Hall–Kier alpha value is -2.62. The maximum absolute atomic E-state index is 13.0. The highest BCUT2D eigenvalue weighted by Crippen LogP contribution is 2.24. The van der Waals surface area contributed by atoms with Crippen molar-refractivity contribution in [2.45, 2.75) is 27.7 Å². The van der Waals surface area contributed by atoms with Crippen LogP contribution >= 0.6 is 0 Å². The molecule has 1 aromatic heterocycles. The summed E-state index contributed by atoms with van der Waals surface area (Å²) in [6, 6.07) is 15.9. The average Bonchev–Trinajstić information content (AvgIpc) is 2.97. The molecule has 3 aromatic rings. The maximum Gasteiger partial charge on any atom is 0.253 e. The van der Waals surface area contributed by atoms with Gasteiger partial charge < -0.3 is 9.47 Å². The molecule has 0 bridgehead atoms. The Kier molecular flexibility index (Phi) is 5.64. The molecule has 0 aliphatic heterocycles. The molecule has 0 unspecified atom stereocenters.